The highest BCUT2D eigenvalue weighted by atomic mass is 16.6. The van der Waals surface area contributed by atoms with Crippen molar-refractivity contribution in [3.63, 3.8) is 0 Å². The maximum atomic E-state index is 10.8. The van der Waals surface area contributed by atoms with E-state index >= 15 is 0 Å². The van der Waals surface area contributed by atoms with Crippen molar-refractivity contribution in [2.75, 3.05) is 5.32 Å². The molecule has 0 saturated heterocycles. The molecular formula is C12H12N4O2. The van der Waals surface area contributed by atoms with E-state index in [4.69, 9.17) is 0 Å². The zero-order valence-electron chi connectivity index (χ0n) is 9.83. The molecule has 18 heavy (non-hydrogen) atoms. The molecule has 0 spiro atoms. The number of nitrogens with zero attached hydrogens (tertiary/aromatic N) is 3. The van der Waals surface area contributed by atoms with E-state index in [1.807, 2.05) is 6.92 Å². The van der Waals surface area contributed by atoms with Crippen LogP contribution in [0.15, 0.2) is 37.2 Å². The molecule has 92 valence electrons. The van der Waals surface area contributed by atoms with E-state index in [9.17, 15) is 10.1 Å². The summed E-state index contributed by atoms with van der Waals surface area (Å²) >= 11 is 0. The normalized spacial score (nSPS) is 12.1. The highest BCUT2D eigenvalue weighted by Gasteiger charge is 2.11. The van der Waals surface area contributed by atoms with Gasteiger partial charge in [0.15, 0.2) is 0 Å². The molecule has 0 aliphatic heterocycles. The lowest BCUT2D eigenvalue weighted by atomic mass is 10.2. The lowest BCUT2D eigenvalue weighted by Gasteiger charge is -2.11. The standard InChI is InChI=1S/C12H12N4O2/c1-3-8(2)15-12-10-6-9(16(17)18)4-5-11(10)13-7-14-12/h3-8H,1H2,2H3,(H,13,14,15). The van der Waals surface area contributed by atoms with Gasteiger partial charge >= 0.3 is 0 Å². The average Bonchev–Trinajstić information content (AvgIpc) is 2.38. The summed E-state index contributed by atoms with van der Waals surface area (Å²) in [5.41, 5.74) is 0.681. The van der Waals surface area contributed by atoms with Crippen LogP contribution in [0.25, 0.3) is 10.9 Å². The first-order valence-electron chi connectivity index (χ1n) is 5.40. The van der Waals surface area contributed by atoms with Crippen LogP contribution in [0.1, 0.15) is 6.92 Å². The van der Waals surface area contributed by atoms with Crippen LogP contribution in [0.5, 0.6) is 0 Å². The van der Waals surface area contributed by atoms with Gasteiger partial charge in [-0.2, -0.15) is 0 Å². The Morgan fingerprint density at radius 1 is 1.50 bits per heavy atom. The smallest absolute Gasteiger partial charge is 0.270 e. The molecule has 0 saturated carbocycles. The fraction of sp³-hybridized carbons (Fsp3) is 0.167. The van der Waals surface area contributed by atoms with Gasteiger partial charge in [-0.25, -0.2) is 9.97 Å². The monoisotopic (exact) mass is 244 g/mol. The summed E-state index contributed by atoms with van der Waals surface area (Å²) in [5, 5.41) is 14.5. The largest absolute Gasteiger partial charge is 0.364 e. The number of anilines is 1. The van der Waals surface area contributed by atoms with Crippen LogP contribution in [0.4, 0.5) is 11.5 Å². The molecule has 1 unspecified atom stereocenters. The summed E-state index contributed by atoms with van der Waals surface area (Å²) in [6, 6.07) is 4.52. The van der Waals surface area contributed by atoms with E-state index in [-0.39, 0.29) is 11.7 Å². The van der Waals surface area contributed by atoms with E-state index in [1.54, 1.807) is 12.1 Å². The molecule has 6 heteroatoms. The predicted molar refractivity (Wildman–Crippen MR) is 69.5 cm³/mol. The van der Waals surface area contributed by atoms with Crippen molar-refractivity contribution in [2.45, 2.75) is 13.0 Å². The average molecular weight is 244 g/mol. The Morgan fingerprint density at radius 3 is 2.94 bits per heavy atom. The van der Waals surface area contributed by atoms with Crippen molar-refractivity contribution >= 4 is 22.4 Å². The number of hydrogen-bond acceptors (Lipinski definition) is 5. The van der Waals surface area contributed by atoms with Crippen LogP contribution in [0.3, 0.4) is 0 Å². The SMILES string of the molecule is C=CC(C)Nc1ncnc2ccc([N+](=O)[O-])cc12. The van der Waals surface area contributed by atoms with Gasteiger partial charge in [-0.3, -0.25) is 10.1 Å². The maximum Gasteiger partial charge on any atom is 0.270 e. The Morgan fingerprint density at radius 2 is 2.28 bits per heavy atom. The van der Waals surface area contributed by atoms with Gasteiger partial charge in [0.2, 0.25) is 0 Å². The zero-order valence-corrected chi connectivity index (χ0v) is 9.83. The number of nitro benzene ring substituents is 1. The molecule has 6 nitrogen and oxygen atoms in total. The van der Waals surface area contributed by atoms with Crippen LogP contribution < -0.4 is 5.32 Å². The van der Waals surface area contributed by atoms with Crippen molar-refractivity contribution in [2.24, 2.45) is 0 Å². The van der Waals surface area contributed by atoms with Crippen molar-refractivity contribution in [3.8, 4) is 0 Å². The maximum absolute atomic E-state index is 10.8. The molecule has 0 aliphatic carbocycles. The van der Waals surface area contributed by atoms with Gasteiger partial charge in [-0.05, 0) is 13.0 Å². The van der Waals surface area contributed by atoms with Gasteiger partial charge in [0.05, 0.1) is 10.4 Å². The molecule has 1 N–H and O–H groups in total. The summed E-state index contributed by atoms with van der Waals surface area (Å²) in [6.45, 7) is 5.58. The summed E-state index contributed by atoms with van der Waals surface area (Å²) in [5.74, 6) is 0.566. The molecule has 2 rings (SSSR count). The summed E-state index contributed by atoms with van der Waals surface area (Å²) in [4.78, 5) is 18.5. The third-order valence-corrected chi connectivity index (χ3v) is 2.55. The summed E-state index contributed by atoms with van der Waals surface area (Å²) in [6.07, 6.45) is 3.15. The minimum absolute atomic E-state index is 0.0161. The first kappa shape index (κ1) is 12.0. The van der Waals surface area contributed by atoms with E-state index in [1.165, 1.54) is 18.5 Å². The third-order valence-electron chi connectivity index (χ3n) is 2.55. The number of benzene rings is 1. The number of fused-ring (bicyclic) bond motifs is 1. The summed E-state index contributed by atoms with van der Waals surface area (Å²) in [7, 11) is 0. The minimum Gasteiger partial charge on any atom is -0.364 e. The summed E-state index contributed by atoms with van der Waals surface area (Å²) < 4.78 is 0. The number of rotatable bonds is 4. The van der Waals surface area contributed by atoms with Gasteiger partial charge in [0.25, 0.3) is 5.69 Å². The fourth-order valence-corrected chi connectivity index (χ4v) is 1.55. The van der Waals surface area contributed by atoms with E-state index in [2.05, 4.69) is 21.9 Å². The van der Waals surface area contributed by atoms with Gasteiger partial charge in [0, 0.05) is 23.6 Å². The molecule has 0 aliphatic rings. The van der Waals surface area contributed by atoms with Gasteiger partial charge in [0.1, 0.15) is 12.1 Å². The second-order valence-electron chi connectivity index (χ2n) is 3.85. The predicted octanol–water partition coefficient (Wildman–Crippen LogP) is 2.52. The molecule has 1 aromatic carbocycles. The van der Waals surface area contributed by atoms with Crippen LogP contribution in [0, 0.1) is 10.1 Å². The van der Waals surface area contributed by atoms with E-state index in [0.29, 0.717) is 16.7 Å². The van der Waals surface area contributed by atoms with Crippen LogP contribution in [-0.2, 0) is 0 Å². The third kappa shape index (κ3) is 2.27. The molecule has 0 bridgehead atoms. The zero-order chi connectivity index (χ0) is 13.1. The first-order valence-corrected chi connectivity index (χ1v) is 5.40. The van der Waals surface area contributed by atoms with Gasteiger partial charge < -0.3 is 5.32 Å². The number of hydrogen-bond donors (Lipinski definition) is 1. The molecule has 1 heterocycles. The minimum atomic E-state index is -0.437. The second-order valence-corrected chi connectivity index (χ2v) is 3.85. The number of non-ortho nitro benzene ring substituents is 1. The Hall–Kier alpha value is -2.50. The van der Waals surface area contributed by atoms with Crippen LogP contribution in [0.2, 0.25) is 0 Å². The Kier molecular flexibility index (Phi) is 3.18. The Balaban J connectivity index is 2.55. The van der Waals surface area contributed by atoms with Gasteiger partial charge in [-0.1, -0.05) is 6.08 Å². The van der Waals surface area contributed by atoms with E-state index < -0.39 is 4.92 Å². The Bertz CT molecular complexity index is 612. The molecule has 0 radical (unpaired) electrons. The lowest BCUT2D eigenvalue weighted by Crippen LogP contribution is -2.12. The fourth-order valence-electron chi connectivity index (χ4n) is 1.55. The highest BCUT2D eigenvalue weighted by Crippen LogP contribution is 2.24. The van der Waals surface area contributed by atoms with E-state index in [0.717, 1.165) is 0 Å². The highest BCUT2D eigenvalue weighted by molar-refractivity contribution is 5.90. The van der Waals surface area contributed by atoms with Crippen LogP contribution >= 0.6 is 0 Å². The number of nitro groups is 1. The number of nitrogens with one attached hydrogen (secondary N) is 1. The van der Waals surface area contributed by atoms with Crippen molar-refractivity contribution in [1.29, 1.82) is 0 Å². The molecule has 2 aromatic rings. The first-order chi connectivity index (χ1) is 8.61. The second kappa shape index (κ2) is 4.79. The topological polar surface area (TPSA) is 81.0 Å². The molecule has 1 atom stereocenters. The van der Waals surface area contributed by atoms with Crippen molar-refractivity contribution in [1.82, 2.24) is 9.97 Å². The molecular weight excluding hydrogens is 232 g/mol. The lowest BCUT2D eigenvalue weighted by molar-refractivity contribution is -0.384. The van der Waals surface area contributed by atoms with Crippen molar-refractivity contribution < 1.29 is 4.92 Å². The van der Waals surface area contributed by atoms with Gasteiger partial charge in [-0.15, -0.1) is 6.58 Å². The quantitative estimate of drug-likeness (QED) is 0.507. The van der Waals surface area contributed by atoms with Crippen LogP contribution in [-0.4, -0.2) is 20.9 Å². The Labute approximate surface area is 104 Å². The molecule has 1 aromatic heterocycles. The molecule has 0 amide bonds. The number of aromatic nitrogens is 2. The van der Waals surface area contributed by atoms with Crippen molar-refractivity contribution in [3.05, 3.63) is 47.3 Å². The molecule has 0 fully saturated rings.